The van der Waals surface area contributed by atoms with E-state index >= 15 is 0 Å². The highest BCUT2D eigenvalue weighted by molar-refractivity contribution is 9.10. The van der Waals surface area contributed by atoms with Crippen molar-refractivity contribution in [3.63, 3.8) is 0 Å². The number of carbonyl (C=O) groups is 1. The van der Waals surface area contributed by atoms with E-state index in [1.165, 1.54) is 33.4 Å². The second-order valence-electron chi connectivity index (χ2n) is 11.2. The number of fused-ring (bicyclic) bond motifs is 4. The summed E-state index contributed by atoms with van der Waals surface area (Å²) in [5.41, 5.74) is 11.3. The van der Waals surface area contributed by atoms with Crippen molar-refractivity contribution in [3.05, 3.63) is 137 Å². The standard InChI is InChI=1S/C33H28Br2O/c1-32(2)27-11-7-5-9-19(27)13-23-25(15-21(34)17-29(23)32)31(36)26-16-22(35)18-30-24(26)14-20-10-6-8-12-28(20)33(30,3)4/h5-12,15-18H,13-14H2,1-4H3. The average molecular weight is 600 g/mol. The molecule has 0 heterocycles. The first-order chi connectivity index (χ1) is 17.1. The van der Waals surface area contributed by atoms with Gasteiger partial charge in [0, 0.05) is 30.9 Å². The molecule has 0 N–H and O–H groups in total. The molecule has 0 saturated carbocycles. The predicted molar refractivity (Wildman–Crippen MR) is 154 cm³/mol. The maximum atomic E-state index is 14.5. The molecule has 0 spiro atoms. The van der Waals surface area contributed by atoms with Crippen molar-refractivity contribution in [1.82, 2.24) is 0 Å². The van der Waals surface area contributed by atoms with Crippen LogP contribution in [-0.4, -0.2) is 5.78 Å². The molecule has 0 atom stereocenters. The molecule has 2 aliphatic rings. The molecule has 1 nitrogen and oxygen atoms in total. The van der Waals surface area contributed by atoms with Gasteiger partial charge in [-0.05, 0) is 81.6 Å². The molecule has 6 rings (SSSR count). The number of hydrogen-bond donors (Lipinski definition) is 0. The van der Waals surface area contributed by atoms with E-state index < -0.39 is 0 Å². The van der Waals surface area contributed by atoms with Crippen LogP contribution in [0.2, 0.25) is 0 Å². The normalized spacial score (nSPS) is 16.4. The van der Waals surface area contributed by atoms with Gasteiger partial charge in [-0.3, -0.25) is 4.79 Å². The highest BCUT2D eigenvalue weighted by Gasteiger charge is 2.37. The summed E-state index contributed by atoms with van der Waals surface area (Å²) in [4.78, 5) is 14.5. The summed E-state index contributed by atoms with van der Waals surface area (Å²) >= 11 is 7.48. The van der Waals surface area contributed by atoms with Gasteiger partial charge in [-0.15, -0.1) is 0 Å². The largest absolute Gasteiger partial charge is 0.289 e. The van der Waals surface area contributed by atoms with Gasteiger partial charge in [0.25, 0.3) is 0 Å². The summed E-state index contributed by atoms with van der Waals surface area (Å²) in [5.74, 6) is 0.107. The Labute approximate surface area is 230 Å². The maximum Gasteiger partial charge on any atom is 0.193 e. The number of halogens is 2. The van der Waals surface area contributed by atoms with E-state index in [1.54, 1.807) is 0 Å². The molecule has 0 aliphatic heterocycles. The summed E-state index contributed by atoms with van der Waals surface area (Å²) in [6, 6.07) is 25.8. The van der Waals surface area contributed by atoms with Crippen molar-refractivity contribution in [2.45, 2.75) is 51.4 Å². The van der Waals surface area contributed by atoms with Gasteiger partial charge in [0.2, 0.25) is 0 Å². The van der Waals surface area contributed by atoms with Gasteiger partial charge in [0.05, 0.1) is 0 Å². The van der Waals surface area contributed by atoms with E-state index in [9.17, 15) is 4.79 Å². The number of rotatable bonds is 2. The fourth-order valence-electron chi connectivity index (χ4n) is 6.56. The molecular formula is C33H28Br2O. The summed E-state index contributed by atoms with van der Waals surface area (Å²) in [6.07, 6.45) is 1.54. The molecule has 2 aliphatic carbocycles. The molecule has 3 heteroatoms. The molecule has 36 heavy (non-hydrogen) atoms. The first kappa shape index (κ1) is 23.9. The van der Waals surface area contributed by atoms with Crippen LogP contribution in [0.15, 0.2) is 81.7 Å². The maximum absolute atomic E-state index is 14.5. The van der Waals surface area contributed by atoms with E-state index in [2.05, 4.69) is 120 Å². The summed E-state index contributed by atoms with van der Waals surface area (Å²) in [7, 11) is 0. The van der Waals surface area contributed by atoms with Gasteiger partial charge in [-0.1, -0.05) is 108 Å². The Kier molecular flexibility index (Phi) is 5.48. The molecule has 0 radical (unpaired) electrons. The van der Waals surface area contributed by atoms with Crippen molar-refractivity contribution in [3.8, 4) is 0 Å². The Hall–Kier alpha value is -2.49. The SMILES string of the molecule is CC1(C)c2ccccc2Cc2c(C(=O)c3cc(Br)cc4c3Cc3ccccc3C4(C)C)cc(Br)cc21. The number of hydrogen-bond acceptors (Lipinski definition) is 1. The Morgan fingerprint density at radius 3 is 1.42 bits per heavy atom. The van der Waals surface area contributed by atoms with E-state index in [4.69, 9.17) is 0 Å². The minimum Gasteiger partial charge on any atom is -0.289 e. The second kappa shape index (κ2) is 8.26. The first-order valence-electron chi connectivity index (χ1n) is 12.5. The number of ketones is 1. The van der Waals surface area contributed by atoms with Gasteiger partial charge >= 0.3 is 0 Å². The summed E-state index contributed by atoms with van der Waals surface area (Å²) in [5, 5.41) is 0. The van der Waals surface area contributed by atoms with Crippen LogP contribution in [0.5, 0.6) is 0 Å². The third-order valence-electron chi connectivity index (χ3n) is 8.38. The summed E-state index contributed by atoms with van der Waals surface area (Å²) < 4.78 is 1.90. The van der Waals surface area contributed by atoms with Gasteiger partial charge in [-0.25, -0.2) is 0 Å². The van der Waals surface area contributed by atoms with Crippen molar-refractivity contribution in [2.24, 2.45) is 0 Å². The molecule has 0 saturated heterocycles. The molecule has 0 amide bonds. The zero-order chi connectivity index (χ0) is 25.4. The lowest BCUT2D eigenvalue weighted by atomic mass is 9.66. The number of benzene rings is 4. The van der Waals surface area contributed by atoms with Crippen molar-refractivity contribution in [2.75, 3.05) is 0 Å². The van der Waals surface area contributed by atoms with Crippen LogP contribution < -0.4 is 0 Å². The quantitative estimate of drug-likeness (QED) is 0.210. The molecule has 4 aromatic carbocycles. The lowest BCUT2D eigenvalue weighted by Gasteiger charge is -2.37. The van der Waals surface area contributed by atoms with Crippen molar-refractivity contribution in [1.29, 1.82) is 0 Å². The highest BCUT2D eigenvalue weighted by atomic mass is 79.9. The monoisotopic (exact) mass is 598 g/mol. The van der Waals surface area contributed by atoms with E-state index in [1.807, 2.05) is 12.1 Å². The fourth-order valence-corrected chi connectivity index (χ4v) is 7.48. The molecular weight excluding hydrogens is 572 g/mol. The predicted octanol–water partition coefficient (Wildman–Crippen LogP) is 8.90. The van der Waals surface area contributed by atoms with Crippen LogP contribution in [0.25, 0.3) is 0 Å². The Morgan fingerprint density at radius 2 is 1.00 bits per heavy atom. The van der Waals surface area contributed by atoms with E-state index in [0.29, 0.717) is 0 Å². The van der Waals surface area contributed by atoms with E-state index in [-0.39, 0.29) is 16.6 Å². The Balaban J connectivity index is 1.56. The van der Waals surface area contributed by atoms with Gasteiger partial charge < -0.3 is 0 Å². The van der Waals surface area contributed by atoms with Crippen LogP contribution in [0, 0.1) is 0 Å². The molecule has 180 valence electrons. The van der Waals surface area contributed by atoms with Crippen LogP contribution in [-0.2, 0) is 23.7 Å². The lowest BCUT2D eigenvalue weighted by molar-refractivity contribution is 0.103. The zero-order valence-electron chi connectivity index (χ0n) is 21.0. The molecule has 4 aromatic rings. The Bertz CT molecular complexity index is 1460. The van der Waals surface area contributed by atoms with E-state index in [0.717, 1.165) is 44.0 Å². The summed E-state index contributed by atoms with van der Waals surface area (Å²) in [6.45, 7) is 9.08. The highest BCUT2D eigenvalue weighted by Crippen LogP contribution is 2.46. The van der Waals surface area contributed by atoms with Crippen molar-refractivity contribution < 1.29 is 4.79 Å². The minimum absolute atomic E-state index is 0.107. The van der Waals surface area contributed by atoms with Gasteiger partial charge in [0.15, 0.2) is 5.78 Å². The topological polar surface area (TPSA) is 17.1 Å². The molecule has 0 bridgehead atoms. The Morgan fingerprint density at radius 1 is 0.611 bits per heavy atom. The fraction of sp³-hybridized carbons (Fsp3) is 0.242. The molecule has 0 aromatic heterocycles. The smallest absolute Gasteiger partial charge is 0.193 e. The third-order valence-corrected chi connectivity index (χ3v) is 9.30. The van der Waals surface area contributed by atoms with Gasteiger partial charge in [0.1, 0.15) is 0 Å². The average Bonchev–Trinajstić information content (AvgIpc) is 2.84. The van der Waals surface area contributed by atoms with Gasteiger partial charge in [-0.2, -0.15) is 0 Å². The third kappa shape index (κ3) is 3.50. The zero-order valence-corrected chi connectivity index (χ0v) is 24.2. The number of carbonyl (C=O) groups excluding carboxylic acids is 1. The second-order valence-corrected chi connectivity index (χ2v) is 13.0. The van der Waals surface area contributed by atoms with Crippen LogP contribution >= 0.6 is 31.9 Å². The molecule has 0 unspecified atom stereocenters. The van der Waals surface area contributed by atoms with Crippen LogP contribution in [0.3, 0.4) is 0 Å². The minimum atomic E-state index is -0.180. The lowest BCUT2D eigenvalue weighted by Crippen LogP contribution is -2.30. The van der Waals surface area contributed by atoms with Crippen LogP contribution in [0.4, 0.5) is 0 Å². The first-order valence-corrected chi connectivity index (χ1v) is 14.0. The van der Waals surface area contributed by atoms with Crippen LogP contribution in [0.1, 0.15) is 88.1 Å². The molecule has 0 fully saturated rings. The van der Waals surface area contributed by atoms with Crippen molar-refractivity contribution >= 4 is 37.6 Å².